The second-order valence-electron chi connectivity index (χ2n) is 7.24. The van der Waals surface area contributed by atoms with Crippen LogP contribution >= 0.6 is 11.6 Å². The van der Waals surface area contributed by atoms with Crippen LogP contribution in [0.15, 0.2) is 78.9 Å². The van der Waals surface area contributed by atoms with Gasteiger partial charge in [-0.15, -0.1) is 11.6 Å². The van der Waals surface area contributed by atoms with E-state index in [-0.39, 0.29) is 18.0 Å². The van der Waals surface area contributed by atoms with Crippen LogP contribution in [0.3, 0.4) is 0 Å². The third kappa shape index (κ3) is 4.29. The molecule has 30 heavy (non-hydrogen) atoms. The van der Waals surface area contributed by atoms with Crippen molar-refractivity contribution >= 4 is 17.6 Å². The molecule has 0 amide bonds. The molecule has 4 nitrogen and oxygen atoms in total. The fraction of sp³-hybridized carbons (Fsp3) is 0.240. The molecule has 1 fully saturated rings. The van der Waals surface area contributed by atoms with Crippen molar-refractivity contribution in [2.24, 2.45) is 0 Å². The van der Waals surface area contributed by atoms with E-state index in [1.807, 2.05) is 85.8 Å². The summed E-state index contributed by atoms with van der Waals surface area (Å²) >= 11 is 6.38. The average molecular weight is 423 g/mol. The Morgan fingerprint density at radius 1 is 0.967 bits per heavy atom. The van der Waals surface area contributed by atoms with Crippen LogP contribution in [0.25, 0.3) is 0 Å². The van der Waals surface area contributed by atoms with Crippen molar-refractivity contribution in [2.75, 3.05) is 6.61 Å². The predicted molar refractivity (Wildman–Crippen MR) is 116 cm³/mol. The molecular weight excluding hydrogens is 400 g/mol. The van der Waals surface area contributed by atoms with E-state index in [4.69, 9.17) is 25.8 Å². The van der Waals surface area contributed by atoms with Crippen LogP contribution < -0.4 is 9.47 Å². The lowest BCUT2D eigenvalue weighted by Gasteiger charge is -2.16. The summed E-state index contributed by atoms with van der Waals surface area (Å²) in [5.41, 5.74) is 0.923. The van der Waals surface area contributed by atoms with Gasteiger partial charge < -0.3 is 14.2 Å². The average Bonchev–Trinajstić information content (AvgIpc) is 3.46. The minimum absolute atomic E-state index is 0.160. The number of alkyl halides is 1. The summed E-state index contributed by atoms with van der Waals surface area (Å²) in [5.74, 6) is 1.91. The summed E-state index contributed by atoms with van der Waals surface area (Å²) in [6.07, 6.45) is 0.568. The molecule has 0 radical (unpaired) electrons. The standard InChI is InChI=1S/C25H23ClO4/c1-2-28-20-13-11-19(12-14-20)25(16-23(25)26)24(27)29-17-18-7-6-10-22(15-18)30-21-8-4-3-5-9-21/h3-15,23H,2,16-17H2,1H3/t23-,25-/m0/s1. The van der Waals surface area contributed by atoms with Crippen LogP contribution in [-0.2, 0) is 21.6 Å². The lowest BCUT2D eigenvalue weighted by Crippen LogP contribution is -2.26. The zero-order valence-corrected chi connectivity index (χ0v) is 17.5. The molecule has 0 saturated heterocycles. The van der Waals surface area contributed by atoms with Gasteiger partial charge in [0.15, 0.2) is 0 Å². The molecule has 3 aromatic rings. The first-order valence-corrected chi connectivity index (χ1v) is 10.4. The first-order chi connectivity index (χ1) is 14.6. The Morgan fingerprint density at radius 3 is 2.33 bits per heavy atom. The number of benzene rings is 3. The van der Waals surface area contributed by atoms with E-state index in [0.717, 1.165) is 22.6 Å². The minimum atomic E-state index is -0.787. The van der Waals surface area contributed by atoms with Crippen LogP contribution in [-0.4, -0.2) is 18.0 Å². The molecule has 1 aliphatic carbocycles. The Balaban J connectivity index is 1.42. The summed E-state index contributed by atoms with van der Waals surface area (Å²) in [7, 11) is 0. The second-order valence-corrected chi connectivity index (χ2v) is 7.77. The molecule has 0 spiro atoms. The summed E-state index contributed by atoms with van der Waals surface area (Å²) in [6, 6.07) is 24.6. The largest absolute Gasteiger partial charge is 0.494 e. The maximum absolute atomic E-state index is 12.9. The van der Waals surface area contributed by atoms with Gasteiger partial charge in [0.05, 0.1) is 12.0 Å². The van der Waals surface area contributed by atoms with E-state index in [0.29, 0.717) is 18.8 Å². The Labute approximate surface area is 181 Å². The molecule has 2 atom stereocenters. The second kappa shape index (κ2) is 8.80. The van der Waals surface area contributed by atoms with E-state index in [2.05, 4.69) is 0 Å². The first kappa shape index (κ1) is 20.3. The van der Waals surface area contributed by atoms with E-state index < -0.39 is 5.41 Å². The van der Waals surface area contributed by atoms with Crippen molar-refractivity contribution in [3.63, 3.8) is 0 Å². The SMILES string of the molecule is CCOc1ccc([C@@]2(C(=O)OCc3cccc(Oc4ccccc4)c3)C[C@@H]2Cl)cc1. The van der Waals surface area contributed by atoms with Crippen LogP contribution in [0, 0.1) is 0 Å². The van der Waals surface area contributed by atoms with Crippen LogP contribution in [0.1, 0.15) is 24.5 Å². The van der Waals surface area contributed by atoms with Crippen LogP contribution in [0.4, 0.5) is 0 Å². The highest BCUT2D eigenvalue weighted by molar-refractivity contribution is 6.27. The number of carbonyl (C=O) groups excluding carboxylic acids is 1. The Hall–Kier alpha value is -2.98. The smallest absolute Gasteiger partial charge is 0.318 e. The maximum atomic E-state index is 12.9. The molecule has 1 aliphatic rings. The normalized spacial score (nSPS) is 19.7. The highest BCUT2D eigenvalue weighted by atomic mass is 35.5. The number of halogens is 1. The van der Waals surface area contributed by atoms with Gasteiger partial charge in [-0.1, -0.05) is 42.5 Å². The van der Waals surface area contributed by atoms with Gasteiger partial charge in [-0.2, -0.15) is 0 Å². The number of carbonyl (C=O) groups is 1. The van der Waals surface area contributed by atoms with Gasteiger partial charge in [-0.05, 0) is 60.9 Å². The quantitative estimate of drug-likeness (QED) is 0.336. The van der Waals surface area contributed by atoms with Crippen LogP contribution in [0.5, 0.6) is 17.2 Å². The number of esters is 1. The van der Waals surface area contributed by atoms with Gasteiger partial charge in [0.25, 0.3) is 0 Å². The summed E-state index contributed by atoms with van der Waals surface area (Å²) in [6.45, 7) is 2.69. The van der Waals surface area contributed by atoms with Gasteiger partial charge in [-0.25, -0.2) is 0 Å². The van der Waals surface area contributed by atoms with Gasteiger partial charge in [0.2, 0.25) is 0 Å². The van der Waals surface area contributed by atoms with E-state index in [9.17, 15) is 4.79 Å². The molecule has 154 valence electrons. The molecule has 0 N–H and O–H groups in total. The van der Waals surface area contributed by atoms with Crippen molar-refractivity contribution < 1.29 is 19.0 Å². The number of hydrogen-bond acceptors (Lipinski definition) is 4. The third-order valence-electron chi connectivity index (χ3n) is 5.17. The molecule has 0 bridgehead atoms. The molecule has 0 aliphatic heterocycles. The number of ether oxygens (including phenoxy) is 3. The van der Waals surface area contributed by atoms with E-state index in [1.54, 1.807) is 0 Å². The Kier molecular flexibility index (Phi) is 5.96. The fourth-order valence-corrected chi connectivity index (χ4v) is 3.93. The van der Waals surface area contributed by atoms with Gasteiger partial charge in [0, 0.05) is 0 Å². The number of rotatable bonds is 8. The molecule has 0 aromatic heterocycles. The van der Waals surface area contributed by atoms with Gasteiger partial charge in [0.1, 0.15) is 29.3 Å². The van der Waals surface area contributed by atoms with Crippen molar-refractivity contribution in [3.05, 3.63) is 90.0 Å². The zero-order chi connectivity index (χ0) is 21.0. The Bertz CT molecular complexity index is 1000. The van der Waals surface area contributed by atoms with Gasteiger partial charge >= 0.3 is 5.97 Å². The predicted octanol–water partition coefficient (Wildman–Crippen LogP) is 5.87. The highest BCUT2D eigenvalue weighted by Gasteiger charge is 2.62. The van der Waals surface area contributed by atoms with E-state index >= 15 is 0 Å². The molecule has 5 heteroatoms. The topological polar surface area (TPSA) is 44.8 Å². The summed E-state index contributed by atoms with van der Waals surface area (Å²) < 4.78 is 17.0. The number of hydrogen-bond donors (Lipinski definition) is 0. The van der Waals surface area contributed by atoms with E-state index in [1.165, 1.54) is 0 Å². The summed E-state index contributed by atoms with van der Waals surface area (Å²) in [5, 5.41) is -0.268. The van der Waals surface area contributed by atoms with Crippen molar-refractivity contribution in [1.82, 2.24) is 0 Å². The lowest BCUT2D eigenvalue weighted by atomic mass is 9.96. The fourth-order valence-electron chi connectivity index (χ4n) is 3.47. The van der Waals surface area contributed by atoms with Gasteiger partial charge in [-0.3, -0.25) is 4.79 Å². The van der Waals surface area contributed by atoms with Crippen LogP contribution in [0.2, 0.25) is 0 Å². The highest BCUT2D eigenvalue weighted by Crippen LogP contribution is 2.53. The summed E-state index contributed by atoms with van der Waals surface area (Å²) in [4.78, 5) is 12.9. The lowest BCUT2D eigenvalue weighted by molar-refractivity contribution is -0.148. The maximum Gasteiger partial charge on any atom is 0.318 e. The molecule has 1 saturated carbocycles. The zero-order valence-electron chi connectivity index (χ0n) is 16.7. The monoisotopic (exact) mass is 422 g/mol. The molecule has 0 unspecified atom stereocenters. The van der Waals surface area contributed by atoms with Crippen molar-refractivity contribution in [2.45, 2.75) is 30.7 Å². The molecule has 3 aromatic carbocycles. The molecule has 0 heterocycles. The first-order valence-electron chi connectivity index (χ1n) is 9.98. The van der Waals surface area contributed by atoms with Crippen molar-refractivity contribution in [3.8, 4) is 17.2 Å². The molecular formula is C25H23ClO4. The third-order valence-corrected chi connectivity index (χ3v) is 5.69. The number of para-hydroxylation sites is 1. The Morgan fingerprint density at radius 2 is 1.67 bits per heavy atom. The minimum Gasteiger partial charge on any atom is -0.494 e. The van der Waals surface area contributed by atoms with Crippen molar-refractivity contribution in [1.29, 1.82) is 0 Å². The molecule has 4 rings (SSSR count).